The van der Waals surface area contributed by atoms with Crippen molar-refractivity contribution < 1.29 is 26.7 Å². The summed E-state index contributed by atoms with van der Waals surface area (Å²) in [4.78, 5) is 12.5. The molecule has 9 heteroatoms. The Hall–Kier alpha value is -2.68. The number of ether oxygens (including phenoxy) is 1. The van der Waals surface area contributed by atoms with E-state index in [1.807, 2.05) is 13.8 Å². The van der Waals surface area contributed by atoms with Crippen molar-refractivity contribution in [1.82, 2.24) is 5.32 Å². The highest BCUT2D eigenvalue weighted by Gasteiger charge is 2.29. The highest BCUT2D eigenvalue weighted by atomic mass is 32.2. The third kappa shape index (κ3) is 6.15. The Morgan fingerprint density at radius 1 is 1.07 bits per heavy atom. The molecule has 1 N–H and O–H groups in total. The minimum absolute atomic E-state index is 0.0414. The second-order valence-electron chi connectivity index (χ2n) is 6.86. The summed E-state index contributed by atoms with van der Waals surface area (Å²) in [6, 6.07) is 8.61. The number of nitrogens with zero attached hydrogens (tertiary/aromatic N) is 1. The van der Waals surface area contributed by atoms with E-state index in [4.69, 9.17) is 4.74 Å². The Kier molecular flexibility index (Phi) is 7.18. The van der Waals surface area contributed by atoms with E-state index in [0.717, 1.165) is 34.3 Å². The third-order valence-corrected chi connectivity index (χ3v) is 5.25. The number of anilines is 1. The Bertz CT molecular complexity index is 963. The van der Waals surface area contributed by atoms with Crippen LogP contribution in [0.3, 0.4) is 0 Å². The highest BCUT2D eigenvalue weighted by molar-refractivity contribution is 7.92. The fraction of sp³-hybridized carbons (Fsp3) is 0.350. The van der Waals surface area contributed by atoms with Gasteiger partial charge in [0.25, 0.3) is 0 Å². The molecule has 0 spiro atoms. The number of nitrogens with one attached hydrogen (secondary N) is 1. The maximum absolute atomic E-state index is 13.6. The van der Waals surface area contributed by atoms with Crippen molar-refractivity contribution in [2.24, 2.45) is 0 Å². The van der Waals surface area contributed by atoms with Crippen LogP contribution in [0.2, 0.25) is 0 Å². The Balaban J connectivity index is 2.12. The molecule has 2 rings (SSSR count). The lowest BCUT2D eigenvalue weighted by Gasteiger charge is -2.28. The first-order valence-corrected chi connectivity index (χ1v) is 10.8. The van der Waals surface area contributed by atoms with Crippen molar-refractivity contribution in [3.63, 3.8) is 0 Å². The zero-order valence-electron chi connectivity index (χ0n) is 16.6. The predicted molar refractivity (Wildman–Crippen MR) is 107 cm³/mol. The molecule has 0 bridgehead atoms. The predicted octanol–water partition coefficient (Wildman–Crippen LogP) is 3.22. The first-order valence-electron chi connectivity index (χ1n) is 8.97. The Morgan fingerprint density at radius 3 is 2.21 bits per heavy atom. The van der Waals surface area contributed by atoms with E-state index in [2.05, 4.69) is 5.32 Å². The van der Waals surface area contributed by atoms with Gasteiger partial charge in [-0.25, -0.2) is 17.2 Å². The zero-order valence-corrected chi connectivity index (χ0v) is 17.5. The van der Waals surface area contributed by atoms with Crippen LogP contribution in [0.5, 0.6) is 5.75 Å². The van der Waals surface area contributed by atoms with Crippen molar-refractivity contribution in [2.45, 2.75) is 39.5 Å². The third-order valence-electron chi connectivity index (χ3n) is 4.01. The molecular weight excluding hydrogens is 402 g/mol. The van der Waals surface area contributed by atoms with Crippen LogP contribution in [-0.2, 0) is 21.4 Å². The van der Waals surface area contributed by atoms with Gasteiger partial charge >= 0.3 is 0 Å². The Morgan fingerprint density at radius 2 is 1.69 bits per heavy atom. The topological polar surface area (TPSA) is 75.7 Å². The summed E-state index contributed by atoms with van der Waals surface area (Å²) in [5.74, 6) is -2.19. The fourth-order valence-electron chi connectivity index (χ4n) is 2.73. The second-order valence-corrected chi connectivity index (χ2v) is 8.72. The van der Waals surface area contributed by atoms with Crippen LogP contribution in [0.15, 0.2) is 42.5 Å². The molecule has 0 saturated carbocycles. The van der Waals surface area contributed by atoms with E-state index < -0.39 is 33.6 Å². The number of rotatable bonds is 8. The van der Waals surface area contributed by atoms with Crippen molar-refractivity contribution >= 4 is 21.6 Å². The molecule has 2 aromatic rings. The number of hydrogen-bond acceptors (Lipinski definition) is 4. The van der Waals surface area contributed by atoms with Gasteiger partial charge in [0.05, 0.1) is 18.0 Å². The van der Waals surface area contributed by atoms with Crippen molar-refractivity contribution in [2.75, 3.05) is 10.6 Å². The SMILES string of the molecule is CC(C)Oc1ccc(CNC(=O)[C@@H](C)N(c2ccc(F)c(F)c2)S(C)(=O)=O)cc1. The van der Waals surface area contributed by atoms with Gasteiger partial charge in [0.1, 0.15) is 11.8 Å². The smallest absolute Gasteiger partial charge is 0.243 e. The normalized spacial score (nSPS) is 12.5. The monoisotopic (exact) mass is 426 g/mol. The van der Waals surface area contributed by atoms with Crippen LogP contribution in [0, 0.1) is 11.6 Å². The summed E-state index contributed by atoms with van der Waals surface area (Å²) in [5, 5.41) is 2.65. The zero-order chi connectivity index (χ0) is 21.8. The first-order chi connectivity index (χ1) is 13.5. The largest absolute Gasteiger partial charge is 0.491 e. The van der Waals surface area contributed by atoms with Gasteiger partial charge < -0.3 is 10.1 Å². The van der Waals surface area contributed by atoms with E-state index in [1.165, 1.54) is 6.92 Å². The molecule has 0 fully saturated rings. The number of sulfonamides is 1. The van der Waals surface area contributed by atoms with Gasteiger partial charge in [-0.2, -0.15) is 0 Å². The second kappa shape index (κ2) is 9.21. The minimum Gasteiger partial charge on any atom is -0.491 e. The van der Waals surface area contributed by atoms with E-state index in [0.29, 0.717) is 5.75 Å². The molecule has 2 aromatic carbocycles. The van der Waals surface area contributed by atoms with Gasteiger partial charge in [-0.1, -0.05) is 12.1 Å². The number of amides is 1. The molecule has 0 radical (unpaired) electrons. The molecule has 6 nitrogen and oxygen atoms in total. The number of hydrogen-bond donors (Lipinski definition) is 1. The van der Waals surface area contributed by atoms with Crippen LogP contribution in [0.25, 0.3) is 0 Å². The maximum atomic E-state index is 13.6. The summed E-state index contributed by atoms with van der Waals surface area (Å²) in [6.45, 7) is 5.36. The van der Waals surface area contributed by atoms with E-state index in [-0.39, 0.29) is 18.3 Å². The number of carbonyl (C=O) groups is 1. The van der Waals surface area contributed by atoms with E-state index in [1.54, 1.807) is 24.3 Å². The van der Waals surface area contributed by atoms with Crippen LogP contribution in [0.1, 0.15) is 26.3 Å². The lowest BCUT2D eigenvalue weighted by Crippen LogP contribution is -2.47. The fourth-order valence-corrected chi connectivity index (χ4v) is 3.89. The van der Waals surface area contributed by atoms with Gasteiger partial charge in [-0.15, -0.1) is 0 Å². The summed E-state index contributed by atoms with van der Waals surface area (Å²) < 4.78 is 57.4. The molecule has 0 aliphatic heterocycles. The summed E-state index contributed by atoms with van der Waals surface area (Å²) in [6.07, 6.45) is 0.936. The van der Waals surface area contributed by atoms with Crippen molar-refractivity contribution in [1.29, 1.82) is 0 Å². The quantitative estimate of drug-likeness (QED) is 0.703. The summed E-state index contributed by atoms with van der Waals surface area (Å²) >= 11 is 0. The average molecular weight is 426 g/mol. The molecule has 0 aliphatic carbocycles. The van der Waals surface area contributed by atoms with Crippen LogP contribution in [0.4, 0.5) is 14.5 Å². The molecule has 158 valence electrons. The van der Waals surface area contributed by atoms with Crippen LogP contribution >= 0.6 is 0 Å². The molecule has 0 unspecified atom stereocenters. The first kappa shape index (κ1) is 22.6. The summed E-state index contributed by atoms with van der Waals surface area (Å²) in [5.41, 5.74) is 0.657. The van der Waals surface area contributed by atoms with Crippen LogP contribution < -0.4 is 14.4 Å². The molecule has 0 heterocycles. The highest BCUT2D eigenvalue weighted by Crippen LogP contribution is 2.23. The van der Waals surface area contributed by atoms with Crippen molar-refractivity contribution in [3.05, 3.63) is 59.7 Å². The molecule has 1 atom stereocenters. The van der Waals surface area contributed by atoms with E-state index >= 15 is 0 Å². The van der Waals surface area contributed by atoms with Gasteiger partial charge in [0.2, 0.25) is 15.9 Å². The van der Waals surface area contributed by atoms with Crippen LogP contribution in [-0.4, -0.2) is 32.7 Å². The summed E-state index contributed by atoms with van der Waals surface area (Å²) in [7, 11) is -3.93. The minimum atomic E-state index is -3.93. The molecule has 0 aromatic heterocycles. The molecule has 0 aliphatic rings. The lowest BCUT2D eigenvalue weighted by atomic mass is 10.2. The number of benzene rings is 2. The molecule has 1 amide bonds. The molecule has 29 heavy (non-hydrogen) atoms. The van der Waals surface area contributed by atoms with E-state index in [9.17, 15) is 22.0 Å². The lowest BCUT2D eigenvalue weighted by molar-refractivity contribution is -0.122. The van der Waals surface area contributed by atoms with Gasteiger partial charge in [-0.3, -0.25) is 9.10 Å². The average Bonchev–Trinajstić information content (AvgIpc) is 2.62. The standard InChI is InChI=1S/C20H24F2N2O4S/c1-13(2)28-17-8-5-15(6-9-17)12-23-20(25)14(3)24(29(4,26)27)16-7-10-18(21)19(22)11-16/h5-11,13-14H,12H2,1-4H3,(H,23,25)/t14-/m1/s1. The number of carbonyl (C=O) groups excluding carboxylic acids is 1. The van der Waals surface area contributed by atoms with Gasteiger partial charge in [0, 0.05) is 12.6 Å². The number of halogens is 2. The maximum Gasteiger partial charge on any atom is 0.243 e. The Labute approximate surface area is 169 Å². The molecule has 0 saturated heterocycles. The molecular formula is C20H24F2N2O4S. The van der Waals surface area contributed by atoms with Gasteiger partial charge in [-0.05, 0) is 50.6 Å². The van der Waals surface area contributed by atoms with Crippen molar-refractivity contribution in [3.8, 4) is 5.75 Å². The van der Waals surface area contributed by atoms with Gasteiger partial charge in [0.15, 0.2) is 11.6 Å².